The highest BCUT2D eigenvalue weighted by molar-refractivity contribution is 9.10. The number of nitrogens with one attached hydrogen (secondary N) is 1. The quantitative estimate of drug-likeness (QED) is 0.845. The Bertz CT molecular complexity index is 318. The zero-order chi connectivity index (χ0) is 10.8. The molecule has 0 atom stereocenters. The molecule has 0 radical (unpaired) electrons. The first kappa shape index (κ1) is 11.5. The molecule has 0 heterocycles. The molecule has 0 spiro atoms. The van der Waals surface area contributed by atoms with Gasteiger partial charge in [0.15, 0.2) is 0 Å². The average molecular weight is 260 g/mol. The van der Waals surface area contributed by atoms with E-state index >= 15 is 0 Å². The molecule has 0 saturated heterocycles. The van der Waals surface area contributed by atoms with Crippen LogP contribution in [0.5, 0.6) is 0 Å². The smallest absolute Gasteiger partial charge is 0.137 e. The molecular weight excluding hydrogens is 245 g/mol. The minimum Gasteiger partial charge on any atom is -0.384 e. The van der Waals surface area contributed by atoms with Crippen molar-refractivity contribution in [3.05, 3.63) is 28.5 Å². The maximum absolute atomic E-state index is 12.9. The third kappa shape index (κ3) is 3.66. The SMILES string of the molecule is CC(C)(C)CNc1ccc(F)c(Br)c1. The van der Waals surface area contributed by atoms with Crippen molar-refractivity contribution in [2.45, 2.75) is 20.8 Å². The van der Waals surface area contributed by atoms with Gasteiger partial charge in [-0.25, -0.2) is 4.39 Å². The van der Waals surface area contributed by atoms with Gasteiger partial charge in [0.2, 0.25) is 0 Å². The van der Waals surface area contributed by atoms with Gasteiger partial charge in [-0.3, -0.25) is 0 Å². The predicted octanol–water partition coefficient (Wildman–Crippen LogP) is 4.05. The predicted molar refractivity (Wildman–Crippen MR) is 62.0 cm³/mol. The molecule has 0 aromatic heterocycles. The highest BCUT2D eigenvalue weighted by Gasteiger charge is 2.09. The summed E-state index contributed by atoms with van der Waals surface area (Å²) in [5.41, 5.74) is 1.16. The molecule has 0 bridgehead atoms. The largest absolute Gasteiger partial charge is 0.384 e. The van der Waals surface area contributed by atoms with Gasteiger partial charge in [0.25, 0.3) is 0 Å². The van der Waals surface area contributed by atoms with Crippen molar-refractivity contribution in [1.29, 1.82) is 0 Å². The zero-order valence-corrected chi connectivity index (χ0v) is 10.3. The monoisotopic (exact) mass is 259 g/mol. The number of anilines is 1. The van der Waals surface area contributed by atoms with Gasteiger partial charge in [-0.1, -0.05) is 20.8 Å². The van der Waals surface area contributed by atoms with Gasteiger partial charge in [-0.15, -0.1) is 0 Å². The number of benzene rings is 1. The molecule has 14 heavy (non-hydrogen) atoms. The van der Waals surface area contributed by atoms with E-state index < -0.39 is 0 Å². The van der Waals surface area contributed by atoms with Gasteiger partial charge in [0.1, 0.15) is 5.82 Å². The van der Waals surface area contributed by atoms with Crippen LogP contribution in [0.4, 0.5) is 10.1 Å². The summed E-state index contributed by atoms with van der Waals surface area (Å²) in [4.78, 5) is 0. The van der Waals surface area contributed by atoms with Crippen LogP contribution in [0.15, 0.2) is 22.7 Å². The van der Waals surface area contributed by atoms with Crippen LogP contribution < -0.4 is 5.32 Å². The first-order chi connectivity index (χ1) is 6.38. The van der Waals surface area contributed by atoms with Crippen LogP contribution >= 0.6 is 15.9 Å². The molecule has 1 N–H and O–H groups in total. The Labute approximate surface area is 92.8 Å². The van der Waals surface area contributed by atoms with Crippen molar-refractivity contribution in [2.75, 3.05) is 11.9 Å². The molecule has 0 aliphatic heterocycles. The van der Waals surface area contributed by atoms with Crippen molar-refractivity contribution >= 4 is 21.6 Å². The minimum atomic E-state index is -0.230. The van der Waals surface area contributed by atoms with E-state index in [-0.39, 0.29) is 11.2 Å². The van der Waals surface area contributed by atoms with Crippen LogP contribution in [0.25, 0.3) is 0 Å². The Morgan fingerprint density at radius 2 is 2.00 bits per heavy atom. The Kier molecular flexibility index (Phi) is 3.53. The average Bonchev–Trinajstić information content (AvgIpc) is 2.06. The van der Waals surface area contributed by atoms with Crippen molar-refractivity contribution in [3.63, 3.8) is 0 Å². The number of hydrogen-bond donors (Lipinski definition) is 1. The molecule has 1 nitrogen and oxygen atoms in total. The molecule has 3 heteroatoms. The van der Waals surface area contributed by atoms with E-state index in [4.69, 9.17) is 0 Å². The van der Waals surface area contributed by atoms with Crippen LogP contribution in [0, 0.1) is 11.2 Å². The fourth-order valence-electron chi connectivity index (χ4n) is 0.973. The first-order valence-electron chi connectivity index (χ1n) is 4.57. The van der Waals surface area contributed by atoms with E-state index in [0.717, 1.165) is 12.2 Å². The molecule has 1 rings (SSSR count). The molecular formula is C11H15BrFN. The van der Waals surface area contributed by atoms with Crippen molar-refractivity contribution < 1.29 is 4.39 Å². The zero-order valence-electron chi connectivity index (χ0n) is 8.70. The highest BCUT2D eigenvalue weighted by atomic mass is 79.9. The standard InChI is InChI=1S/C11H15BrFN/c1-11(2,3)7-14-8-4-5-10(13)9(12)6-8/h4-6,14H,7H2,1-3H3. The van der Waals surface area contributed by atoms with Crippen LogP contribution in [0.1, 0.15) is 20.8 Å². The fraction of sp³-hybridized carbons (Fsp3) is 0.455. The fourth-order valence-corrected chi connectivity index (χ4v) is 1.35. The second kappa shape index (κ2) is 4.30. The summed E-state index contributed by atoms with van der Waals surface area (Å²) in [6.07, 6.45) is 0. The van der Waals surface area contributed by atoms with E-state index in [9.17, 15) is 4.39 Å². The maximum Gasteiger partial charge on any atom is 0.137 e. The van der Waals surface area contributed by atoms with E-state index in [0.29, 0.717) is 4.47 Å². The lowest BCUT2D eigenvalue weighted by atomic mass is 9.97. The normalized spacial score (nSPS) is 11.5. The van der Waals surface area contributed by atoms with E-state index in [1.807, 2.05) is 0 Å². The lowest BCUT2D eigenvalue weighted by molar-refractivity contribution is 0.443. The van der Waals surface area contributed by atoms with Gasteiger partial charge >= 0.3 is 0 Å². The lowest BCUT2D eigenvalue weighted by Crippen LogP contribution is -2.18. The van der Waals surface area contributed by atoms with Gasteiger partial charge in [-0.2, -0.15) is 0 Å². The molecule has 0 saturated carbocycles. The molecule has 0 aliphatic rings. The molecule has 0 amide bonds. The van der Waals surface area contributed by atoms with Crippen LogP contribution in [0.3, 0.4) is 0 Å². The summed E-state index contributed by atoms with van der Waals surface area (Å²) in [5.74, 6) is -0.230. The van der Waals surface area contributed by atoms with Crippen LogP contribution in [0.2, 0.25) is 0 Å². The van der Waals surface area contributed by atoms with Crippen LogP contribution in [-0.2, 0) is 0 Å². The van der Waals surface area contributed by atoms with Crippen molar-refractivity contribution in [1.82, 2.24) is 0 Å². The summed E-state index contributed by atoms with van der Waals surface area (Å²) in [6.45, 7) is 7.32. The molecule has 1 aromatic rings. The lowest BCUT2D eigenvalue weighted by Gasteiger charge is -2.19. The Hall–Kier alpha value is -0.570. The third-order valence-corrected chi connectivity index (χ3v) is 2.35. The molecule has 1 aromatic carbocycles. The van der Waals surface area contributed by atoms with E-state index in [1.165, 1.54) is 6.07 Å². The summed E-state index contributed by atoms with van der Waals surface area (Å²) < 4.78 is 13.4. The molecule has 0 aliphatic carbocycles. The van der Waals surface area contributed by atoms with E-state index in [2.05, 4.69) is 42.0 Å². The topological polar surface area (TPSA) is 12.0 Å². The highest BCUT2D eigenvalue weighted by Crippen LogP contribution is 2.21. The second-order valence-corrected chi connectivity index (χ2v) is 5.40. The number of rotatable bonds is 2. The van der Waals surface area contributed by atoms with Crippen LogP contribution in [-0.4, -0.2) is 6.54 Å². The Balaban J connectivity index is 2.65. The Morgan fingerprint density at radius 1 is 1.36 bits per heavy atom. The van der Waals surface area contributed by atoms with Gasteiger partial charge in [0.05, 0.1) is 4.47 Å². The van der Waals surface area contributed by atoms with Gasteiger partial charge in [-0.05, 0) is 39.5 Å². The third-order valence-electron chi connectivity index (χ3n) is 1.74. The number of hydrogen-bond acceptors (Lipinski definition) is 1. The van der Waals surface area contributed by atoms with Gasteiger partial charge < -0.3 is 5.32 Å². The molecule has 0 unspecified atom stereocenters. The van der Waals surface area contributed by atoms with Crippen molar-refractivity contribution in [2.24, 2.45) is 5.41 Å². The van der Waals surface area contributed by atoms with Crippen molar-refractivity contribution in [3.8, 4) is 0 Å². The second-order valence-electron chi connectivity index (χ2n) is 4.54. The maximum atomic E-state index is 12.9. The van der Waals surface area contributed by atoms with Gasteiger partial charge in [0, 0.05) is 12.2 Å². The Morgan fingerprint density at radius 3 is 2.50 bits per heavy atom. The summed E-state index contributed by atoms with van der Waals surface area (Å²) in [7, 11) is 0. The molecule has 78 valence electrons. The summed E-state index contributed by atoms with van der Waals surface area (Å²) in [6, 6.07) is 4.95. The minimum absolute atomic E-state index is 0.223. The summed E-state index contributed by atoms with van der Waals surface area (Å²) >= 11 is 3.15. The summed E-state index contributed by atoms with van der Waals surface area (Å²) in [5, 5.41) is 3.26. The first-order valence-corrected chi connectivity index (χ1v) is 5.37. The molecule has 0 fully saturated rings. The van der Waals surface area contributed by atoms with E-state index in [1.54, 1.807) is 12.1 Å². The number of halogens is 2.